The fourth-order valence-corrected chi connectivity index (χ4v) is 4.82. The maximum absolute atomic E-state index is 13.5. The minimum absolute atomic E-state index is 0.154. The van der Waals surface area contributed by atoms with Crippen molar-refractivity contribution in [2.24, 2.45) is 5.92 Å². The van der Waals surface area contributed by atoms with Gasteiger partial charge in [-0.05, 0) is 67.3 Å². The molecule has 1 aromatic heterocycles. The predicted octanol–water partition coefficient (Wildman–Crippen LogP) is 5.96. The predicted molar refractivity (Wildman–Crippen MR) is 140 cm³/mol. The Bertz CT molecular complexity index is 1310. The van der Waals surface area contributed by atoms with Crippen molar-refractivity contribution in [1.29, 1.82) is 0 Å². The standard InChI is InChI=1S/C29H30F3N3O5/c1-39-24(37)17-18-7-9-19(10-8-18)20-11-13-22(14-12-20)34-23(36)15-16-33-27(38)25-26(29(30,31)32)35-28(40-25)21-5-3-2-4-6-21/h2-6,11-14,18-19H,7-10,15-17H2,1H3,(H,33,38)(H,34,36). The number of nitrogens with zero attached hydrogens (tertiary/aromatic N) is 1. The maximum Gasteiger partial charge on any atom is 0.437 e. The van der Waals surface area contributed by atoms with Gasteiger partial charge in [-0.3, -0.25) is 14.4 Å². The number of ether oxygens (including phenoxy) is 1. The Morgan fingerprint density at radius 1 is 1.00 bits per heavy atom. The lowest BCUT2D eigenvalue weighted by Gasteiger charge is -2.28. The average Bonchev–Trinajstić information content (AvgIpc) is 3.41. The molecule has 3 aromatic rings. The molecule has 8 nitrogen and oxygen atoms in total. The molecule has 1 aliphatic rings. The lowest BCUT2D eigenvalue weighted by atomic mass is 9.77. The molecule has 40 heavy (non-hydrogen) atoms. The molecular weight excluding hydrogens is 527 g/mol. The van der Waals surface area contributed by atoms with E-state index in [-0.39, 0.29) is 24.8 Å². The molecular formula is C29H30F3N3O5. The number of carbonyl (C=O) groups excluding carboxylic acids is 3. The molecule has 0 saturated heterocycles. The molecule has 0 unspecified atom stereocenters. The summed E-state index contributed by atoms with van der Waals surface area (Å²) in [6.07, 6.45) is -0.742. The SMILES string of the molecule is COC(=O)CC1CCC(c2ccc(NC(=O)CCNC(=O)c3oc(-c4ccccc4)nc3C(F)(F)F)cc2)CC1. The molecule has 0 bridgehead atoms. The first-order valence-electron chi connectivity index (χ1n) is 13.0. The quantitative estimate of drug-likeness (QED) is 0.315. The fraction of sp³-hybridized carbons (Fsp3) is 0.379. The highest BCUT2D eigenvalue weighted by molar-refractivity contribution is 5.94. The van der Waals surface area contributed by atoms with Crippen molar-refractivity contribution in [3.8, 4) is 11.5 Å². The highest BCUT2D eigenvalue weighted by Crippen LogP contribution is 2.37. The fourth-order valence-electron chi connectivity index (χ4n) is 4.82. The number of alkyl halides is 3. The number of esters is 1. The van der Waals surface area contributed by atoms with Gasteiger partial charge in [-0.2, -0.15) is 13.2 Å². The van der Waals surface area contributed by atoms with E-state index in [2.05, 4.69) is 15.6 Å². The molecule has 0 radical (unpaired) electrons. The van der Waals surface area contributed by atoms with Crippen LogP contribution in [0.2, 0.25) is 0 Å². The summed E-state index contributed by atoms with van der Waals surface area (Å²) < 4.78 is 50.3. The second-order valence-electron chi connectivity index (χ2n) is 9.73. The summed E-state index contributed by atoms with van der Waals surface area (Å²) in [7, 11) is 1.40. The minimum Gasteiger partial charge on any atom is -0.469 e. The van der Waals surface area contributed by atoms with E-state index in [0.717, 1.165) is 31.2 Å². The summed E-state index contributed by atoms with van der Waals surface area (Å²) in [5.74, 6) is -2.25. The number of anilines is 1. The van der Waals surface area contributed by atoms with Crippen molar-refractivity contribution < 1.29 is 36.7 Å². The van der Waals surface area contributed by atoms with E-state index in [1.807, 2.05) is 12.1 Å². The Balaban J connectivity index is 1.26. The molecule has 0 spiro atoms. The van der Waals surface area contributed by atoms with E-state index in [1.165, 1.54) is 19.2 Å². The summed E-state index contributed by atoms with van der Waals surface area (Å²) >= 11 is 0. The number of methoxy groups -OCH3 is 1. The third kappa shape index (κ3) is 7.49. The van der Waals surface area contributed by atoms with Gasteiger partial charge in [0.2, 0.25) is 17.6 Å². The average molecular weight is 558 g/mol. The smallest absolute Gasteiger partial charge is 0.437 e. The van der Waals surface area contributed by atoms with Crippen LogP contribution >= 0.6 is 0 Å². The largest absolute Gasteiger partial charge is 0.469 e. The first kappa shape index (κ1) is 28.8. The number of amides is 2. The molecule has 2 aromatic carbocycles. The normalized spacial score (nSPS) is 17.2. The summed E-state index contributed by atoms with van der Waals surface area (Å²) in [6.45, 7) is -0.198. The number of hydrogen-bond donors (Lipinski definition) is 2. The molecule has 0 atom stereocenters. The van der Waals surface area contributed by atoms with Gasteiger partial charge in [0.15, 0.2) is 5.69 Å². The number of oxazole rings is 1. The van der Waals surface area contributed by atoms with Crippen LogP contribution in [0.4, 0.5) is 18.9 Å². The van der Waals surface area contributed by atoms with Gasteiger partial charge in [-0.1, -0.05) is 30.3 Å². The van der Waals surface area contributed by atoms with Gasteiger partial charge in [0, 0.05) is 30.6 Å². The molecule has 1 fully saturated rings. The van der Waals surface area contributed by atoms with E-state index in [4.69, 9.17) is 9.15 Å². The number of carbonyl (C=O) groups is 3. The molecule has 212 valence electrons. The van der Waals surface area contributed by atoms with E-state index >= 15 is 0 Å². The maximum atomic E-state index is 13.5. The van der Waals surface area contributed by atoms with Crippen molar-refractivity contribution in [3.05, 3.63) is 71.6 Å². The summed E-state index contributed by atoms with van der Waals surface area (Å²) in [4.78, 5) is 39.8. The molecule has 1 saturated carbocycles. The van der Waals surface area contributed by atoms with Crippen molar-refractivity contribution in [3.63, 3.8) is 0 Å². The molecule has 4 rings (SSSR count). The zero-order chi connectivity index (χ0) is 28.7. The second kappa shape index (κ2) is 12.8. The monoisotopic (exact) mass is 557 g/mol. The molecule has 2 amide bonds. The topological polar surface area (TPSA) is 111 Å². The molecule has 1 aliphatic carbocycles. The van der Waals surface area contributed by atoms with Gasteiger partial charge >= 0.3 is 12.1 Å². The summed E-state index contributed by atoms with van der Waals surface area (Å²) in [5.41, 5.74) is 0.597. The van der Waals surface area contributed by atoms with Crippen molar-refractivity contribution in [2.75, 3.05) is 19.0 Å². The Morgan fingerprint density at radius 3 is 2.30 bits per heavy atom. The zero-order valence-corrected chi connectivity index (χ0v) is 21.9. The minimum atomic E-state index is -4.89. The van der Waals surface area contributed by atoms with Gasteiger partial charge in [0.25, 0.3) is 5.91 Å². The number of aromatic nitrogens is 1. The number of benzene rings is 2. The van der Waals surface area contributed by atoms with Crippen molar-refractivity contribution >= 4 is 23.5 Å². The Hall–Kier alpha value is -4.15. The van der Waals surface area contributed by atoms with Gasteiger partial charge in [0.1, 0.15) is 0 Å². The van der Waals surface area contributed by atoms with Gasteiger partial charge in [-0.25, -0.2) is 4.98 Å². The van der Waals surface area contributed by atoms with E-state index in [0.29, 0.717) is 29.5 Å². The number of hydrogen-bond acceptors (Lipinski definition) is 6. The van der Waals surface area contributed by atoms with Crippen molar-refractivity contribution in [2.45, 2.75) is 50.6 Å². The van der Waals surface area contributed by atoms with E-state index < -0.39 is 29.4 Å². The van der Waals surface area contributed by atoms with Crippen LogP contribution in [0.15, 0.2) is 59.0 Å². The lowest BCUT2D eigenvalue weighted by Crippen LogP contribution is -2.29. The third-order valence-corrected chi connectivity index (χ3v) is 6.96. The summed E-state index contributed by atoms with van der Waals surface area (Å²) in [5, 5.41) is 5.03. The Morgan fingerprint density at radius 2 is 1.68 bits per heavy atom. The first-order chi connectivity index (χ1) is 19.1. The van der Waals surface area contributed by atoms with Crippen molar-refractivity contribution in [1.82, 2.24) is 10.3 Å². The lowest BCUT2D eigenvalue weighted by molar-refractivity contribution is -0.142. The second-order valence-corrected chi connectivity index (χ2v) is 9.73. The van der Waals surface area contributed by atoms with Crippen LogP contribution in [-0.4, -0.2) is 36.4 Å². The zero-order valence-electron chi connectivity index (χ0n) is 21.9. The Labute approximate surface area is 229 Å². The number of rotatable bonds is 9. The van der Waals surface area contributed by atoms with E-state index in [9.17, 15) is 27.6 Å². The van der Waals surface area contributed by atoms with Crippen LogP contribution < -0.4 is 10.6 Å². The molecule has 0 aliphatic heterocycles. The molecule has 2 N–H and O–H groups in total. The first-order valence-corrected chi connectivity index (χ1v) is 13.0. The van der Waals surface area contributed by atoms with Gasteiger partial charge < -0.3 is 19.8 Å². The van der Waals surface area contributed by atoms with Crippen LogP contribution in [0.25, 0.3) is 11.5 Å². The highest BCUT2D eigenvalue weighted by Gasteiger charge is 2.41. The van der Waals surface area contributed by atoms with Crippen LogP contribution in [-0.2, 0) is 20.5 Å². The summed E-state index contributed by atoms with van der Waals surface area (Å²) in [6, 6.07) is 15.4. The molecule has 11 heteroatoms. The van der Waals surface area contributed by atoms with Crippen LogP contribution in [0.5, 0.6) is 0 Å². The van der Waals surface area contributed by atoms with Crippen LogP contribution in [0.3, 0.4) is 0 Å². The number of nitrogens with one attached hydrogen (secondary N) is 2. The van der Waals surface area contributed by atoms with Crippen LogP contribution in [0, 0.1) is 5.92 Å². The van der Waals surface area contributed by atoms with Gasteiger partial charge in [-0.15, -0.1) is 0 Å². The van der Waals surface area contributed by atoms with Crippen LogP contribution in [0.1, 0.15) is 66.3 Å². The molecule has 1 heterocycles. The third-order valence-electron chi connectivity index (χ3n) is 6.96. The number of halogens is 3. The highest BCUT2D eigenvalue weighted by atomic mass is 19.4. The van der Waals surface area contributed by atoms with E-state index in [1.54, 1.807) is 30.3 Å². The Kier molecular flexibility index (Phi) is 9.23. The van der Waals surface area contributed by atoms with Gasteiger partial charge in [0.05, 0.1) is 7.11 Å².